The van der Waals surface area contributed by atoms with Gasteiger partial charge in [-0.2, -0.15) is 0 Å². The minimum Gasteiger partial charge on any atom is -0.484 e. The maximum absolute atomic E-state index is 13.0. The lowest BCUT2D eigenvalue weighted by atomic mass is 10.1. The lowest BCUT2D eigenvalue weighted by Crippen LogP contribution is -2.25. The van der Waals surface area contributed by atoms with E-state index in [-0.39, 0.29) is 18.2 Å². The van der Waals surface area contributed by atoms with Gasteiger partial charge in [-0.3, -0.25) is 10.0 Å². The molecule has 0 saturated heterocycles. The highest BCUT2D eigenvalue weighted by molar-refractivity contribution is 5.76. The van der Waals surface area contributed by atoms with Crippen LogP contribution in [0.5, 0.6) is 5.75 Å². The Kier molecular flexibility index (Phi) is 10.9. The van der Waals surface area contributed by atoms with Gasteiger partial charge < -0.3 is 9.64 Å². The standard InChI is InChI=1S/C13H20FN.C9H10FNO3/c1-4-15(3)9-5-6-12-7-8-13(14)11(2)10-12;1-6-4-7(2-3-8(6)10)14-5-9(12)11-13/h7-8,10H,4-6,9H2,1-3H3;2-4,13H,5H2,1H3,(H,11,12). The van der Waals surface area contributed by atoms with E-state index >= 15 is 0 Å². The number of ether oxygens (including phenoxy) is 1. The first kappa shape index (κ1) is 24.5. The van der Waals surface area contributed by atoms with Crippen LogP contribution in [0.4, 0.5) is 8.78 Å². The first-order valence-electron chi connectivity index (χ1n) is 9.52. The highest BCUT2D eigenvalue weighted by Crippen LogP contribution is 2.15. The summed E-state index contributed by atoms with van der Waals surface area (Å²) in [6, 6.07) is 9.53. The molecule has 2 N–H and O–H groups in total. The predicted molar refractivity (Wildman–Crippen MR) is 109 cm³/mol. The van der Waals surface area contributed by atoms with Crippen LogP contribution in [0.3, 0.4) is 0 Å². The van der Waals surface area contributed by atoms with Crippen LogP contribution in [0.15, 0.2) is 36.4 Å². The molecule has 0 radical (unpaired) electrons. The van der Waals surface area contributed by atoms with Crippen molar-refractivity contribution >= 4 is 5.91 Å². The number of carbonyl (C=O) groups is 1. The Labute approximate surface area is 171 Å². The lowest BCUT2D eigenvalue weighted by molar-refractivity contribution is -0.131. The third-order valence-electron chi connectivity index (χ3n) is 4.39. The molecule has 160 valence electrons. The third kappa shape index (κ3) is 9.49. The molecule has 2 aromatic carbocycles. The van der Waals surface area contributed by atoms with Crippen LogP contribution >= 0.6 is 0 Å². The van der Waals surface area contributed by atoms with Crippen molar-refractivity contribution in [3.63, 3.8) is 0 Å². The molecule has 1 amide bonds. The number of hydroxylamine groups is 1. The first-order valence-corrected chi connectivity index (χ1v) is 9.52. The van der Waals surface area contributed by atoms with Gasteiger partial charge in [0.2, 0.25) is 0 Å². The van der Waals surface area contributed by atoms with Gasteiger partial charge in [0.1, 0.15) is 17.4 Å². The average Bonchev–Trinajstić information content (AvgIpc) is 2.71. The molecule has 2 rings (SSSR count). The van der Waals surface area contributed by atoms with Crippen LogP contribution in [0, 0.1) is 25.5 Å². The first-order chi connectivity index (χ1) is 13.8. The quantitative estimate of drug-likeness (QED) is 0.511. The van der Waals surface area contributed by atoms with Crippen molar-refractivity contribution in [2.24, 2.45) is 0 Å². The second-order valence-electron chi connectivity index (χ2n) is 6.82. The molecule has 2 aromatic rings. The molecule has 0 aliphatic carbocycles. The van der Waals surface area contributed by atoms with Gasteiger partial charge in [0.25, 0.3) is 5.91 Å². The molecule has 0 aromatic heterocycles. The van der Waals surface area contributed by atoms with E-state index in [9.17, 15) is 13.6 Å². The summed E-state index contributed by atoms with van der Waals surface area (Å²) >= 11 is 0. The smallest absolute Gasteiger partial charge is 0.281 e. The van der Waals surface area contributed by atoms with Crippen molar-refractivity contribution in [3.05, 3.63) is 64.7 Å². The fourth-order valence-electron chi connectivity index (χ4n) is 2.46. The average molecular weight is 408 g/mol. The van der Waals surface area contributed by atoms with E-state index in [0.29, 0.717) is 11.3 Å². The van der Waals surface area contributed by atoms with Crippen molar-refractivity contribution in [3.8, 4) is 5.75 Å². The van der Waals surface area contributed by atoms with Crippen LogP contribution in [0.25, 0.3) is 0 Å². The summed E-state index contributed by atoms with van der Waals surface area (Å²) in [5.74, 6) is -0.715. The number of rotatable bonds is 8. The number of hydrogen-bond donors (Lipinski definition) is 2. The maximum atomic E-state index is 13.0. The van der Waals surface area contributed by atoms with Crippen molar-refractivity contribution in [2.75, 3.05) is 26.7 Å². The molecular weight excluding hydrogens is 378 g/mol. The van der Waals surface area contributed by atoms with Gasteiger partial charge in [-0.1, -0.05) is 19.1 Å². The van der Waals surface area contributed by atoms with Gasteiger partial charge in [0, 0.05) is 0 Å². The number of aryl methyl sites for hydroxylation is 3. The van der Waals surface area contributed by atoms with Gasteiger partial charge in [-0.15, -0.1) is 0 Å². The molecule has 0 unspecified atom stereocenters. The van der Waals surface area contributed by atoms with E-state index in [0.717, 1.165) is 31.5 Å². The number of nitrogens with zero attached hydrogens (tertiary/aromatic N) is 1. The van der Waals surface area contributed by atoms with E-state index in [1.54, 1.807) is 13.0 Å². The van der Waals surface area contributed by atoms with Gasteiger partial charge in [0.05, 0.1) is 0 Å². The van der Waals surface area contributed by atoms with E-state index < -0.39 is 5.91 Å². The minimum absolute atomic E-state index is 0.107. The molecule has 5 nitrogen and oxygen atoms in total. The van der Waals surface area contributed by atoms with E-state index in [2.05, 4.69) is 18.9 Å². The maximum Gasteiger partial charge on any atom is 0.281 e. The Balaban J connectivity index is 0.000000291. The second kappa shape index (κ2) is 12.9. The molecule has 0 heterocycles. The summed E-state index contributed by atoms with van der Waals surface area (Å²) in [7, 11) is 2.12. The van der Waals surface area contributed by atoms with E-state index in [4.69, 9.17) is 9.94 Å². The molecule has 0 saturated carbocycles. The second-order valence-corrected chi connectivity index (χ2v) is 6.82. The number of nitrogens with one attached hydrogen (secondary N) is 1. The molecule has 0 atom stereocenters. The monoisotopic (exact) mass is 408 g/mol. The Bertz CT molecular complexity index is 785. The Morgan fingerprint density at radius 2 is 1.72 bits per heavy atom. The summed E-state index contributed by atoms with van der Waals surface area (Å²) in [6.07, 6.45) is 2.17. The fourth-order valence-corrected chi connectivity index (χ4v) is 2.46. The molecule has 0 aliphatic rings. The highest BCUT2D eigenvalue weighted by Gasteiger charge is 2.03. The van der Waals surface area contributed by atoms with Crippen molar-refractivity contribution in [1.82, 2.24) is 10.4 Å². The van der Waals surface area contributed by atoms with Gasteiger partial charge in [-0.25, -0.2) is 14.3 Å². The summed E-state index contributed by atoms with van der Waals surface area (Å²) < 4.78 is 30.7. The summed E-state index contributed by atoms with van der Waals surface area (Å²) in [4.78, 5) is 12.9. The van der Waals surface area contributed by atoms with E-state index in [1.165, 1.54) is 29.2 Å². The number of benzene rings is 2. The number of hydrogen-bond acceptors (Lipinski definition) is 4. The van der Waals surface area contributed by atoms with E-state index in [1.807, 2.05) is 19.1 Å². The number of carbonyl (C=O) groups excluding carboxylic acids is 1. The normalized spacial score (nSPS) is 10.3. The van der Waals surface area contributed by atoms with Crippen molar-refractivity contribution < 1.29 is 23.5 Å². The van der Waals surface area contributed by atoms with Crippen LogP contribution in [0.1, 0.15) is 30.0 Å². The summed E-state index contributed by atoms with van der Waals surface area (Å²) in [5.41, 5.74) is 3.84. The Hall–Kier alpha value is -2.51. The van der Waals surface area contributed by atoms with Crippen LogP contribution < -0.4 is 10.2 Å². The lowest BCUT2D eigenvalue weighted by Gasteiger charge is -2.13. The largest absolute Gasteiger partial charge is 0.484 e. The van der Waals surface area contributed by atoms with Crippen LogP contribution in [-0.4, -0.2) is 42.8 Å². The van der Waals surface area contributed by atoms with Crippen molar-refractivity contribution in [1.29, 1.82) is 0 Å². The number of amides is 1. The topological polar surface area (TPSA) is 61.8 Å². The molecule has 0 aliphatic heterocycles. The molecule has 0 bridgehead atoms. The Morgan fingerprint density at radius 3 is 2.28 bits per heavy atom. The molecule has 29 heavy (non-hydrogen) atoms. The summed E-state index contributed by atoms with van der Waals surface area (Å²) in [5, 5.41) is 8.17. The SMILES string of the molecule is CCN(C)CCCc1ccc(F)c(C)c1.Cc1cc(OCC(=O)NO)ccc1F. The molecule has 7 heteroatoms. The zero-order chi connectivity index (χ0) is 21.8. The van der Waals surface area contributed by atoms with Crippen LogP contribution in [-0.2, 0) is 11.2 Å². The zero-order valence-electron chi connectivity index (χ0n) is 17.5. The predicted octanol–water partition coefficient (Wildman–Crippen LogP) is 4.04. The summed E-state index contributed by atoms with van der Waals surface area (Å²) in [6.45, 7) is 7.45. The van der Waals surface area contributed by atoms with Gasteiger partial charge in [0.15, 0.2) is 6.61 Å². The molecule has 0 spiro atoms. The molecular formula is C22H30F2N2O3. The highest BCUT2D eigenvalue weighted by atomic mass is 19.1. The number of halogens is 2. The van der Waals surface area contributed by atoms with Crippen LogP contribution in [0.2, 0.25) is 0 Å². The molecule has 0 fully saturated rings. The third-order valence-corrected chi connectivity index (χ3v) is 4.39. The van der Waals surface area contributed by atoms with Crippen molar-refractivity contribution in [2.45, 2.75) is 33.6 Å². The van der Waals surface area contributed by atoms with Gasteiger partial charge >= 0.3 is 0 Å². The fraction of sp³-hybridized carbons (Fsp3) is 0.409. The Morgan fingerprint density at radius 1 is 1.10 bits per heavy atom. The van der Waals surface area contributed by atoms with Gasteiger partial charge in [-0.05, 0) is 87.8 Å². The minimum atomic E-state index is -0.660. The zero-order valence-corrected chi connectivity index (χ0v) is 17.5.